The highest BCUT2D eigenvalue weighted by molar-refractivity contribution is 7.07. The van der Waals surface area contributed by atoms with E-state index in [1.807, 2.05) is 54.6 Å². The summed E-state index contributed by atoms with van der Waals surface area (Å²) in [7, 11) is 0. The third-order valence-electron chi connectivity index (χ3n) is 7.48. The summed E-state index contributed by atoms with van der Waals surface area (Å²) < 4.78 is 7.96. The van der Waals surface area contributed by atoms with Gasteiger partial charge in [0.1, 0.15) is 11.5 Å². The first-order valence-corrected chi connectivity index (χ1v) is 14.8. The third-order valence-corrected chi connectivity index (χ3v) is 8.46. The number of thiazole rings is 1. The van der Waals surface area contributed by atoms with Crippen LogP contribution in [0.1, 0.15) is 49.6 Å². The number of fused-ring (bicyclic) bond motifs is 1. The molecule has 1 N–H and O–H groups in total. The van der Waals surface area contributed by atoms with E-state index in [-0.39, 0.29) is 17.2 Å². The van der Waals surface area contributed by atoms with Crippen LogP contribution in [0.3, 0.4) is 0 Å². The van der Waals surface area contributed by atoms with Crippen molar-refractivity contribution in [2.24, 2.45) is 4.99 Å². The molecule has 44 heavy (non-hydrogen) atoms. The number of nitro benzene ring substituents is 1. The van der Waals surface area contributed by atoms with Gasteiger partial charge in [-0.3, -0.25) is 24.3 Å². The summed E-state index contributed by atoms with van der Waals surface area (Å²) in [5.74, 6) is 0.953. The zero-order chi connectivity index (χ0) is 31.0. The molecule has 0 saturated carbocycles. The van der Waals surface area contributed by atoms with Gasteiger partial charge in [-0.05, 0) is 60.4 Å². The molecule has 6 rings (SSSR count). The van der Waals surface area contributed by atoms with Gasteiger partial charge in [-0.15, -0.1) is 0 Å². The Kier molecular flexibility index (Phi) is 7.67. The van der Waals surface area contributed by atoms with E-state index in [9.17, 15) is 19.7 Å². The molecule has 0 spiro atoms. The average molecular weight is 605 g/mol. The number of nitro groups is 1. The van der Waals surface area contributed by atoms with Crippen LogP contribution in [0.4, 0.5) is 11.4 Å². The lowest BCUT2D eigenvalue weighted by molar-refractivity contribution is -0.384. The molecule has 1 unspecified atom stereocenters. The van der Waals surface area contributed by atoms with Crippen molar-refractivity contribution in [1.29, 1.82) is 0 Å². The smallest absolute Gasteiger partial charge is 0.271 e. The number of amides is 1. The summed E-state index contributed by atoms with van der Waals surface area (Å²) in [4.78, 5) is 43.5. The molecular weight excluding hydrogens is 576 g/mol. The molecule has 0 aliphatic carbocycles. The summed E-state index contributed by atoms with van der Waals surface area (Å²) in [5, 5.41) is 14.0. The zero-order valence-corrected chi connectivity index (χ0v) is 25.0. The van der Waals surface area contributed by atoms with Gasteiger partial charge in [0.2, 0.25) is 0 Å². The minimum absolute atomic E-state index is 0.0119. The van der Waals surface area contributed by atoms with Crippen LogP contribution in [0.2, 0.25) is 0 Å². The minimum atomic E-state index is -0.689. The van der Waals surface area contributed by atoms with Crippen molar-refractivity contribution in [1.82, 2.24) is 4.57 Å². The predicted molar refractivity (Wildman–Crippen MR) is 170 cm³/mol. The number of rotatable bonds is 7. The number of furan rings is 1. The van der Waals surface area contributed by atoms with Crippen LogP contribution in [0.25, 0.3) is 17.4 Å². The molecule has 0 radical (unpaired) electrons. The number of nitrogens with zero attached hydrogens (tertiary/aromatic N) is 3. The van der Waals surface area contributed by atoms with Crippen molar-refractivity contribution in [3.8, 4) is 11.3 Å². The average Bonchev–Trinajstić information content (AvgIpc) is 3.61. The Morgan fingerprint density at radius 1 is 1.02 bits per heavy atom. The lowest BCUT2D eigenvalue weighted by Crippen LogP contribution is -2.40. The monoisotopic (exact) mass is 604 g/mol. The molecule has 9 nitrogen and oxygen atoms in total. The Morgan fingerprint density at radius 2 is 1.73 bits per heavy atom. The normalized spacial score (nSPS) is 14.8. The van der Waals surface area contributed by atoms with Crippen LogP contribution >= 0.6 is 11.3 Å². The second kappa shape index (κ2) is 11.7. The molecule has 5 aromatic rings. The first-order valence-electron chi connectivity index (χ1n) is 14.0. The number of anilines is 1. The van der Waals surface area contributed by atoms with Gasteiger partial charge >= 0.3 is 0 Å². The molecule has 3 heterocycles. The first kappa shape index (κ1) is 28.8. The van der Waals surface area contributed by atoms with Crippen molar-refractivity contribution in [3.05, 3.63) is 149 Å². The predicted octanol–water partition coefficient (Wildman–Crippen LogP) is 6.17. The third kappa shape index (κ3) is 5.55. The van der Waals surface area contributed by atoms with Crippen LogP contribution in [-0.4, -0.2) is 15.4 Å². The van der Waals surface area contributed by atoms with E-state index in [1.165, 1.54) is 23.5 Å². The molecule has 0 saturated heterocycles. The van der Waals surface area contributed by atoms with E-state index in [0.29, 0.717) is 49.3 Å². The number of para-hydroxylation sites is 1. The van der Waals surface area contributed by atoms with Crippen molar-refractivity contribution < 1.29 is 14.1 Å². The van der Waals surface area contributed by atoms with Crippen molar-refractivity contribution in [2.45, 2.75) is 32.7 Å². The van der Waals surface area contributed by atoms with Crippen LogP contribution < -0.4 is 20.2 Å². The SMILES string of the molecule is CC1=C(C(=O)Nc2ccccc2)C(c2ccc(C(C)C)cc2)n2c(s/c(=C\c3ccc(-c4ccc([N+](=O)[O-])cc4)o3)c2=O)=N1. The fraction of sp³-hybridized carbons (Fsp3) is 0.147. The maximum atomic E-state index is 14.0. The number of benzene rings is 3. The lowest BCUT2D eigenvalue weighted by atomic mass is 9.93. The fourth-order valence-electron chi connectivity index (χ4n) is 5.17. The Balaban J connectivity index is 1.42. The van der Waals surface area contributed by atoms with Gasteiger partial charge in [0.25, 0.3) is 17.2 Å². The van der Waals surface area contributed by atoms with Gasteiger partial charge in [0.15, 0.2) is 4.80 Å². The summed E-state index contributed by atoms with van der Waals surface area (Å²) in [6.45, 7) is 6.01. The van der Waals surface area contributed by atoms with E-state index in [1.54, 1.807) is 41.8 Å². The first-order chi connectivity index (χ1) is 21.2. The van der Waals surface area contributed by atoms with Crippen LogP contribution in [-0.2, 0) is 4.79 Å². The highest BCUT2D eigenvalue weighted by Crippen LogP contribution is 2.32. The number of carbonyl (C=O) groups is 1. The second-order valence-corrected chi connectivity index (χ2v) is 11.7. The molecule has 0 fully saturated rings. The summed E-state index contributed by atoms with van der Waals surface area (Å²) in [6.07, 6.45) is 1.65. The minimum Gasteiger partial charge on any atom is -0.457 e. The molecule has 1 aliphatic rings. The van der Waals surface area contributed by atoms with Crippen molar-refractivity contribution in [2.75, 3.05) is 5.32 Å². The molecule has 1 atom stereocenters. The number of carbonyl (C=O) groups excluding carboxylic acids is 1. The highest BCUT2D eigenvalue weighted by atomic mass is 32.1. The Morgan fingerprint density at radius 3 is 2.39 bits per heavy atom. The van der Waals surface area contributed by atoms with Gasteiger partial charge < -0.3 is 9.73 Å². The second-order valence-electron chi connectivity index (χ2n) is 10.7. The summed E-state index contributed by atoms with van der Waals surface area (Å²) in [6, 6.07) is 26.0. The molecule has 220 valence electrons. The molecule has 10 heteroatoms. The van der Waals surface area contributed by atoms with Gasteiger partial charge in [-0.1, -0.05) is 67.6 Å². The molecule has 0 bridgehead atoms. The van der Waals surface area contributed by atoms with Gasteiger partial charge in [-0.2, -0.15) is 0 Å². The topological polar surface area (TPSA) is 120 Å². The van der Waals surface area contributed by atoms with Gasteiger partial charge in [0, 0.05) is 29.5 Å². The molecule has 1 aliphatic heterocycles. The van der Waals surface area contributed by atoms with E-state index in [0.717, 1.165) is 11.1 Å². The maximum Gasteiger partial charge on any atom is 0.271 e. The van der Waals surface area contributed by atoms with E-state index in [2.05, 4.69) is 19.2 Å². The zero-order valence-electron chi connectivity index (χ0n) is 24.2. The standard InChI is InChI=1S/C34H28N4O5S/c1-20(2)22-9-11-24(12-10-22)31-30(32(39)36-25-7-5-4-6-8-25)21(3)35-34-37(31)33(40)29(44-34)19-27-17-18-28(43-27)23-13-15-26(16-14-23)38(41)42/h4-20,31H,1-3H3,(H,36,39)/b29-19-. The maximum absolute atomic E-state index is 14.0. The molecule has 3 aromatic carbocycles. The van der Waals surface area contributed by atoms with E-state index >= 15 is 0 Å². The number of hydrogen-bond acceptors (Lipinski definition) is 7. The summed E-state index contributed by atoms with van der Waals surface area (Å²) >= 11 is 1.22. The van der Waals surface area contributed by atoms with Crippen molar-refractivity contribution >= 4 is 34.7 Å². The fourth-order valence-corrected chi connectivity index (χ4v) is 6.20. The Hall–Kier alpha value is -5.35. The van der Waals surface area contributed by atoms with Crippen LogP contribution in [0.5, 0.6) is 0 Å². The highest BCUT2D eigenvalue weighted by Gasteiger charge is 2.32. The molecular formula is C34H28N4O5S. The number of non-ortho nitro benzene ring substituents is 1. The van der Waals surface area contributed by atoms with E-state index in [4.69, 9.17) is 9.41 Å². The van der Waals surface area contributed by atoms with Gasteiger partial charge in [0.05, 0.1) is 26.8 Å². The number of allylic oxidation sites excluding steroid dienone is 1. The van der Waals surface area contributed by atoms with Crippen LogP contribution in [0, 0.1) is 10.1 Å². The van der Waals surface area contributed by atoms with Crippen LogP contribution in [0.15, 0.2) is 116 Å². The Bertz CT molecular complexity index is 2090. The van der Waals surface area contributed by atoms with Gasteiger partial charge in [-0.25, -0.2) is 4.99 Å². The quantitative estimate of drug-likeness (QED) is 0.176. The summed E-state index contributed by atoms with van der Waals surface area (Å²) in [5.41, 5.74) is 3.88. The number of nitrogens with one attached hydrogen (secondary N) is 1. The molecule has 2 aromatic heterocycles. The van der Waals surface area contributed by atoms with Crippen molar-refractivity contribution in [3.63, 3.8) is 0 Å². The number of aromatic nitrogens is 1. The largest absolute Gasteiger partial charge is 0.457 e. The van der Waals surface area contributed by atoms with E-state index < -0.39 is 11.0 Å². The lowest BCUT2D eigenvalue weighted by Gasteiger charge is -2.25. The number of hydrogen-bond donors (Lipinski definition) is 1. The molecule has 1 amide bonds. The Labute approximate surface area is 256 Å².